The summed E-state index contributed by atoms with van der Waals surface area (Å²) in [4.78, 5) is 21.3. The molecule has 1 fully saturated rings. The van der Waals surface area contributed by atoms with Crippen LogP contribution in [0.4, 0.5) is 5.82 Å². The molecule has 0 bridgehead atoms. The van der Waals surface area contributed by atoms with Gasteiger partial charge in [0.05, 0.1) is 24.3 Å². The average Bonchev–Trinajstić information content (AvgIpc) is 2.70. The van der Waals surface area contributed by atoms with E-state index in [1.165, 1.54) is 0 Å². The molecule has 0 radical (unpaired) electrons. The number of hydrogen-bond acceptors (Lipinski definition) is 6. The molecule has 7 nitrogen and oxygen atoms in total. The first-order valence-corrected chi connectivity index (χ1v) is 10.6. The van der Waals surface area contributed by atoms with Crippen molar-refractivity contribution in [3.8, 4) is 6.07 Å². The molecule has 7 heteroatoms. The Bertz CT molecular complexity index is 804. The molecule has 2 aliphatic rings. The molecule has 3 heterocycles. The predicted molar refractivity (Wildman–Crippen MR) is 113 cm³/mol. The van der Waals surface area contributed by atoms with Crippen molar-refractivity contribution in [1.82, 2.24) is 15.2 Å². The van der Waals surface area contributed by atoms with Crippen LogP contribution in [0.15, 0.2) is 0 Å². The Morgan fingerprint density at radius 2 is 1.97 bits per heavy atom. The van der Waals surface area contributed by atoms with Gasteiger partial charge in [0.1, 0.15) is 11.9 Å². The molecule has 1 saturated heterocycles. The fraction of sp³-hybridized carbons (Fsp3) is 0.682. The quantitative estimate of drug-likeness (QED) is 0.816. The largest absolute Gasteiger partial charge is 0.370 e. The molecular weight excluding hydrogens is 366 g/mol. The number of fused-ring (bicyclic) bond motifs is 1. The van der Waals surface area contributed by atoms with Gasteiger partial charge in [-0.2, -0.15) is 5.26 Å². The van der Waals surface area contributed by atoms with E-state index in [-0.39, 0.29) is 11.5 Å². The maximum absolute atomic E-state index is 12.4. The first kappa shape index (κ1) is 21.5. The topological polar surface area (TPSA) is 81.5 Å². The van der Waals surface area contributed by atoms with Gasteiger partial charge in [-0.3, -0.25) is 4.79 Å². The van der Waals surface area contributed by atoms with E-state index in [1.807, 2.05) is 18.7 Å². The lowest BCUT2D eigenvalue weighted by molar-refractivity contribution is -0.130. The van der Waals surface area contributed by atoms with Crippen molar-refractivity contribution in [2.45, 2.75) is 65.7 Å². The third-order valence-electron chi connectivity index (χ3n) is 5.73. The summed E-state index contributed by atoms with van der Waals surface area (Å²) in [6.45, 7) is 13.9. The number of pyridine rings is 1. The molecule has 1 aromatic heterocycles. The molecule has 29 heavy (non-hydrogen) atoms. The lowest BCUT2D eigenvalue weighted by Gasteiger charge is -2.38. The minimum Gasteiger partial charge on any atom is -0.370 e. The Morgan fingerprint density at radius 3 is 2.55 bits per heavy atom. The molecule has 0 aliphatic carbocycles. The monoisotopic (exact) mass is 399 g/mol. The van der Waals surface area contributed by atoms with E-state index in [2.05, 4.69) is 37.1 Å². The highest BCUT2D eigenvalue weighted by molar-refractivity contribution is 5.78. The van der Waals surface area contributed by atoms with Crippen LogP contribution in [0.1, 0.15) is 57.0 Å². The number of carbonyl (C=O) groups is 1. The number of carbonyl (C=O) groups excluding carboxylic acids is 1. The van der Waals surface area contributed by atoms with Crippen LogP contribution >= 0.6 is 0 Å². The van der Waals surface area contributed by atoms with Crippen LogP contribution in [-0.4, -0.2) is 60.2 Å². The highest BCUT2D eigenvalue weighted by Crippen LogP contribution is 2.35. The summed E-state index contributed by atoms with van der Waals surface area (Å²) in [7, 11) is 0. The van der Waals surface area contributed by atoms with Crippen LogP contribution in [-0.2, 0) is 29.0 Å². The van der Waals surface area contributed by atoms with Crippen LogP contribution in [0.2, 0.25) is 0 Å². The van der Waals surface area contributed by atoms with Crippen molar-refractivity contribution in [3.63, 3.8) is 0 Å². The molecule has 1 amide bonds. The van der Waals surface area contributed by atoms with Gasteiger partial charge >= 0.3 is 0 Å². The second-order valence-corrected chi connectivity index (χ2v) is 8.81. The minimum atomic E-state index is -0.281. The predicted octanol–water partition coefficient (Wildman–Crippen LogP) is 2.01. The second kappa shape index (κ2) is 8.68. The Morgan fingerprint density at radius 1 is 1.28 bits per heavy atom. The van der Waals surface area contributed by atoms with Crippen LogP contribution in [0.25, 0.3) is 0 Å². The van der Waals surface area contributed by atoms with E-state index in [0.717, 1.165) is 29.1 Å². The van der Waals surface area contributed by atoms with Crippen molar-refractivity contribution in [3.05, 3.63) is 22.4 Å². The fourth-order valence-electron chi connectivity index (χ4n) is 4.03. The van der Waals surface area contributed by atoms with Gasteiger partial charge in [-0.25, -0.2) is 4.98 Å². The third kappa shape index (κ3) is 4.71. The third-order valence-corrected chi connectivity index (χ3v) is 5.73. The Hall–Kier alpha value is -2.17. The smallest absolute Gasteiger partial charge is 0.236 e. The van der Waals surface area contributed by atoms with Crippen LogP contribution in [0, 0.1) is 11.3 Å². The second-order valence-electron chi connectivity index (χ2n) is 8.81. The van der Waals surface area contributed by atoms with Gasteiger partial charge in [0.15, 0.2) is 0 Å². The SMILES string of the molecule is CCc1nc(N2CCN(C(=O)CNC(C)C)CC2)c(C#N)c2c1COC(C)(C)C2. The van der Waals surface area contributed by atoms with Crippen molar-refractivity contribution < 1.29 is 9.53 Å². The number of piperazine rings is 1. The molecule has 1 N–H and O–H groups in total. The molecule has 2 aliphatic heterocycles. The van der Waals surface area contributed by atoms with E-state index in [4.69, 9.17) is 9.72 Å². The Kier molecular flexibility index (Phi) is 6.45. The van der Waals surface area contributed by atoms with Gasteiger partial charge in [-0.15, -0.1) is 0 Å². The molecule has 0 aromatic carbocycles. The van der Waals surface area contributed by atoms with E-state index in [1.54, 1.807) is 0 Å². The standard InChI is InChI=1S/C22H33N5O2/c1-6-19-18-14-29-22(4,5)11-16(18)17(12-23)21(25-19)27-9-7-26(8-10-27)20(28)13-24-15(2)3/h15,24H,6-11,13-14H2,1-5H3. The zero-order valence-corrected chi connectivity index (χ0v) is 18.3. The lowest BCUT2D eigenvalue weighted by Crippen LogP contribution is -2.51. The Balaban J connectivity index is 1.81. The molecule has 1 aromatic rings. The number of nitrogens with zero attached hydrogens (tertiary/aromatic N) is 4. The van der Waals surface area contributed by atoms with Crippen LogP contribution in [0.5, 0.6) is 0 Å². The van der Waals surface area contributed by atoms with Gasteiger partial charge in [-0.1, -0.05) is 20.8 Å². The summed E-state index contributed by atoms with van der Waals surface area (Å²) >= 11 is 0. The number of hydrogen-bond donors (Lipinski definition) is 1. The maximum atomic E-state index is 12.4. The average molecular weight is 400 g/mol. The Labute approximate surface area is 174 Å². The summed E-state index contributed by atoms with van der Waals surface area (Å²) in [5, 5.41) is 13.2. The molecular formula is C22H33N5O2. The molecule has 0 spiro atoms. The summed E-state index contributed by atoms with van der Waals surface area (Å²) < 4.78 is 5.99. The van der Waals surface area contributed by atoms with E-state index in [0.29, 0.717) is 57.4 Å². The summed E-state index contributed by atoms with van der Waals surface area (Å²) in [6.07, 6.45) is 1.53. The number of rotatable bonds is 5. The number of nitrogens with one attached hydrogen (secondary N) is 1. The zero-order valence-electron chi connectivity index (χ0n) is 18.3. The number of amides is 1. The van der Waals surface area contributed by atoms with Crippen molar-refractivity contribution in [2.75, 3.05) is 37.6 Å². The van der Waals surface area contributed by atoms with Crippen molar-refractivity contribution >= 4 is 11.7 Å². The lowest BCUT2D eigenvalue weighted by atomic mass is 9.87. The molecule has 0 saturated carbocycles. The van der Waals surface area contributed by atoms with Crippen LogP contribution in [0.3, 0.4) is 0 Å². The van der Waals surface area contributed by atoms with Gasteiger partial charge in [0.2, 0.25) is 5.91 Å². The van der Waals surface area contributed by atoms with Gasteiger partial charge in [0, 0.05) is 49.9 Å². The highest BCUT2D eigenvalue weighted by atomic mass is 16.5. The van der Waals surface area contributed by atoms with Crippen LogP contribution < -0.4 is 10.2 Å². The first-order valence-electron chi connectivity index (χ1n) is 10.6. The highest BCUT2D eigenvalue weighted by Gasteiger charge is 2.33. The van der Waals surface area contributed by atoms with E-state index in [9.17, 15) is 10.1 Å². The van der Waals surface area contributed by atoms with Gasteiger partial charge < -0.3 is 19.9 Å². The number of anilines is 1. The molecule has 158 valence electrons. The summed E-state index contributed by atoms with van der Waals surface area (Å²) in [5.74, 6) is 0.901. The van der Waals surface area contributed by atoms with E-state index < -0.39 is 0 Å². The number of aryl methyl sites for hydroxylation is 1. The van der Waals surface area contributed by atoms with Gasteiger partial charge in [-0.05, 0) is 25.8 Å². The molecule has 0 atom stereocenters. The fourth-order valence-corrected chi connectivity index (χ4v) is 4.03. The van der Waals surface area contributed by atoms with Crippen molar-refractivity contribution in [2.24, 2.45) is 0 Å². The first-order chi connectivity index (χ1) is 13.8. The molecule has 3 rings (SSSR count). The summed E-state index contributed by atoms with van der Waals surface area (Å²) in [6, 6.07) is 2.72. The van der Waals surface area contributed by atoms with Crippen molar-refractivity contribution in [1.29, 1.82) is 5.26 Å². The number of aromatic nitrogens is 1. The zero-order chi connectivity index (χ0) is 21.2. The minimum absolute atomic E-state index is 0.130. The number of nitriles is 1. The maximum Gasteiger partial charge on any atom is 0.236 e. The van der Waals surface area contributed by atoms with Gasteiger partial charge in [0.25, 0.3) is 0 Å². The normalized spacial score (nSPS) is 18.5. The molecule has 0 unspecified atom stereocenters. The summed E-state index contributed by atoms with van der Waals surface area (Å²) in [5.41, 5.74) is 3.58. The number of ether oxygens (including phenoxy) is 1. The van der Waals surface area contributed by atoms with E-state index >= 15 is 0 Å².